The lowest BCUT2D eigenvalue weighted by molar-refractivity contribution is -0.141. The van der Waals surface area contributed by atoms with Gasteiger partial charge in [-0.25, -0.2) is 9.38 Å². The number of morpholine rings is 1. The molecule has 1 unspecified atom stereocenters. The lowest BCUT2D eigenvalue weighted by Crippen LogP contribution is -2.43. The van der Waals surface area contributed by atoms with Crippen LogP contribution in [-0.4, -0.2) is 61.4 Å². The first-order valence-corrected chi connectivity index (χ1v) is 7.01. The molecule has 0 radical (unpaired) electrons. The number of alkyl halides is 1. The second-order valence-corrected chi connectivity index (χ2v) is 4.90. The Bertz CT molecular complexity index is 476. The van der Waals surface area contributed by atoms with E-state index in [1.54, 1.807) is 6.92 Å². The molecule has 6 nitrogen and oxygen atoms in total. The van der Waals surface area contributed by atoms with Crippen LogP contribution in [-0.2, 0) is 19.1 Å². The summed E-state index contributed by atoms with van der Waals surface area (Å²) in [5.74, 6) is -0.0243. The maximum Gasteiger partial charge on any atom is 0.311 e. The van der Waals surface area contributed by atoms with Crippen LogP contribution in [0.25, 0.3) is 0 Å². The average Bonchev–Trinajstić information content (AvgIpc) is 2.47. The second-order valence-electron chi connectivity index (χ2n) is 4.90. The standard InChI is InChI=1S/C14H19FN2O4/c1-2-20-14(19)6-10-5-11(18)7-13(16-10)17-3-4-21-12(8-15)9-17/h7,12H,2-6,8-9H2,1H3. The number of hydrogen-bond acceptors (Lipinski definition) is 6. The number of esters is 1. The van der Waals surface area contributed by atoms with Gasteiger partial charge in [-0.1, -0.05) is 0 Å². The van der Waals surface area contributed by atoms with Crippen molar-refractivity contribution in [2.45, 2.75) is 25.9 Å². The van der Waals surface area contributed by atoms with Gasteiger partial charge in [0.05, 0.1) is 19.6 Å². The molecule has 0 amide bonds. The normalized spacial score (nSPS) is 22.7. The minimum absolute atomic E-state index is 0.00774. The molecule has 116 valence electrons. The number of rotatable bonds is 5. The maximum atomic E-state index is 12.7. The first kappa shape index (κ1) is 15.6. The number of carbonyl (C=O) groups is 2. The van der Waals surface area contributed by atoms with Gasteiger partial charge in [-0.05, 0) is 6.92 Å². The number of carbonyl (C=O) groups excluding carboxylic acids is 2. The van der Waals surface area contributed by atoms with Crippen molar-refractivity contribution < 1.29 is 23.5 Å². The summed E-state index contributed by atoms with van der Waals surface area (Å²) in [6.45, 7) is 2.74. The van der Waals surface area contributed by atoms with Crippen LogP contribution in [0.2, 0.25) is 0 Å². The molecule has 0 spiro atoms. The fourth-order valence-corrected chi connectivity index (χ4v) is 2.29. The number of ether oxygens (including phenoxy) is 2. The molecule has 0 aliphatic carbocycles. The van der Waals surface area contributed by atoms with Crippen LogP contribution in [0.5, 0.6) is 0 Å². The van der Waals surface area contributed by atoms with Crippen molar-refractivity contribution in [2.24, 2.45) is 4.99 Å². The zero-order valence-corrected chi connectivity index (χ0v) is 12.0. The van der Waals surface area contributed by atoms with Gasteiger partial charge in [0, 0.05) is 31.3 Å². The van der Waals surface area contributed by atoms with Gasteiger partial charge in [-0.2, -0.15) is 0 Å². The number of allylic oxidation sites excluding steroid dienone is 1. The van der Waals surface area contributed by atoms with Gasteiger partial charge < -0.3 is 14.4 Å². The van der Waals surface area contributed by atoms with E-state index in [0.29, 0.717) is 37.8 Å². The minimum Gasteiger partial charge on any atom is -0.466 e. The van der Waals surface area contributed by atoms with E-state index in [2.05, 4.69) is 4.99 Å². The van der Waals surface area contributed by atoms with E-state index in [9.17, 15) is 14.0 Å². The molecule has 2 aliphatic rings. The number of hydrogen-bond donors (Lipinski definition) is 0. The Labute approximate surface area is 122 Å². The number of halogens is 1. The fraction of sp³-hybridized carbons (Fsp3) is 0.643. The minimum atomic E-state index is -0.572. The first-order valence-electron chi connectivity index (χ1n) is 7.01. The summed E-state index contributed by atoms with van der Waals surface area (Å²) >= 11 is 0. The average molecular weight is 298 g/mol. The summed E-state index contributed by atoms with van der Waals surface area (Å²) in [4.78, 5) is 29.4. The molecule has 1 fully saturated rings. The highest BCUT2D eigenvalue weighted by atomic mass is 19.1. The highest BCUT2D eigenvalue weighted by Gasteiger charge is 2.25. The van der Waals surface area contributed by atoms with Crippen molar-refractivity contribution in [3.63, 3.8) is 0 Å². The zero-order chi connectivity index (χ0) is 15.2. The summed E-state index contributed by atoms with van der Waals surface area (Å²) in [5.41, 5.74) is 0.485. The van der Waals surface area contributed by atoms with Crippen LogP contribution in [0.4, 0.5) is 4.39 Å². The van der Waals surface area contributed by atoms with Crippen molar-refractivity contribution in [3.8, 4) is 0 Å². The van der Waals surface area contributed by atoms with Gasteiger partial charge in [-0.15, -0.1) is 0 Å². The Kier molecular flexibility index (Phi) is 5.44. The summed E-state index contributed by atoms with van der Waals surface area (Å²) < 4.78 is 22.8. The fourth-order valence-electron chi connectivity index (χ4n) is 2.29. The Morgan fingerprint density at radius 2 is 2.43 bits per heavy atom. The van der Waals surface area contributed by atoms with Gasteiger partial charge in [0.2, 0.25) is 0 Å². The molecule has 0 saturated carbocycles. The zero-order valence-electron chi connectivity index (χ0n) is 12.0. The van der Waals surface area contributed by atoms with E-state index in [0.717, 1.165) is 0 Å². The molecule has 0 aromatic rings. The summed E-state index contributed by atoms with van der Waals surface area (Å²) in [6.07, 6.45) is 1.07. The molecule has 2 heterocycles. The molecule has 2 rings (SSSR count). The van der Waals surface area contributed by atoms with E-state index >= 15 is 0 Å². The first-order chi connectivity index (χ1) is 10.1. The van der Waals surface area contributed by atoms with Crippen LogP contribution in [0.15, 0.2) is 16.9 Å². The quantitative estimate of drug-likeness (QED) is 0.704. The Morgan fingerprint density at radius 3 is 3.14 bits per heavy atom. The van der Waals surface area contributed by atoms with Crippen molar-refractivity contribution in [3.05, 3.63) is 11.9 Å². The van der Waals surface area contributed by atoms with Crippen LogP contribution in [0.3, 0.4) is 0 Å². The summed E-state index contributed by atoms with van der Waals surface area (Å²) in [7, 11) is 0. The largest absolute Gasteiger partial charge is 0.466 e. The van der Waals surface area contributed by atoms with Crippen LogP contribution in [0, 0.1) is 0 Å². The van der Waals surface area contributed by atoms with E-state index in [-0.39, 0.29) is 18.6 Å². The molecule has 1 saturated heterocycles. The van der Waals surface area contributed by atoms with E-state index in [1.165, 1.54) is 6.08 Å². The molecule has 21 heavy (non-hydrogen) atoms. The molecular weight excluding hydrogens is 279 g/mol. The lowest BCUT2D eigenvalue weighted by Gasteiger charge is -2.34. The van der Waals surface area contributed by atoms with Crippen LogP contribution >= 0.6 is 0 Å². The second kappa shape index (κ2) is 7.31. The van der Waals surface area contributed by atoms with E-state index in [1.807, 2.05) is 4.90 Å². The molecule has 2 aliphatic heterocycles. The third-order valence-electron chi connectivity index (χ3n) is 3.23. The Morgan fingerprint density at radius 1 is 1.62 bits per heavy atom. The molecule has 7 heteroatoms. The third kappa shape index (κ3) is 4.35. The summed E-state index contributed by atoms with van der Waals surface area (Å²) in [5, 5.41) is 0. The molecule has 1 atom stereocenters. The monoisotopic (exact) mass is 298 g/mol. The SMILES string of the molecule is CCOC(=O)CC1=NC(N2CCOC(CF)C2)=CC(=O)C1. The maximum absolute atomic E-state index is 12.7. The topological polar surface area (TPSA) is 68.2 Å². The predicted octanol–water partition coefficient (Wildman–Crippen LogP) is 0.865. The molecule has 0 bridgehead atoms. The smallest absolute Gasteiger partial charge is 0.311 e. The highest BCUT2D eigenvalue weighted by molar-refractivity contribution is 6.13. The highest BCUT2D eigenvalue weighted by Crippen LogP contribution is 2.18. The number of aliphatic imine (C=N–C) groups is 1. The van der Waals surface area contributed by atoms with E-state index in [4.69, 9.17) is 9.47 Å². The third-order valence-corrected chi connectivity index (χ3v) is 3.23. The molecular formula is C14H19FN2O4. The van der Waals surface area contributed by atoms with Gasteiger partial charge >= 0.3 is 5.97 Å². The molecule has 0 N–H and O–H groups in total. The van der Waals surface area contributed by atoms with Gasteiger partial charge in [-0.3, -0.25) is 9.59 Å². The van der Waals surface area contributed by atoms with Gasteiger partial charge in [0.1, 0.15) is 18.6 Å². The lowest BCUT2D eigenvalue weighted by atomic mass is 10.1. The number of ketones is 1. The van der Waals surface area contributed by atoms with Gasteiger partial charge in [0.25, 0.3) is 0 Å². The van der Waals surface area contributed by atoms with Crippen LogP contribution < -0.4 is 0 Å². The van der Waals surface area contributed by atoms with Crippen LogP contribution in [0.1, 0.15) is 19.8 Å². The van der Waals surface area contributed by atoms with Crippen molar-refractivity contribution in [1.29, 1.82) is 0 Å². The Hall–Kier alpha value is -1.76. The number of nitrogens with zero attached hydrogens (tertiary/aromatic N) is 2. The Balaban J connectivity index is 2.05. The molecule has 0 aromatic heterocycles. The molecule has 0 aromatic carbocycles. The van der Waals surface area contributed by atoms with Crippen molar-refractivity contribution >= 4 is 17.5 Å². The predicted molar refractivity (Wildman–Crippen MR) is 73.7 cm³/mol. The van der Waals surface area contributed by atoms with Crippen molar-refractivity contribution in [2.75, 3.05) is 33.0 Å². The van der Waals surface area contributed by atoms with Gasteiger partial charge in [0.15, 0.2) is 5.78 Å². The van der Waals surface area contributed by atoms with E-state index < -0.39 is 18.7 Å². The van der Waals surface area contributed by atoms with Crippen molar-refractivity contribution in [1.82, 2.24) is 4.90 Å². The summed E-state index contributed by atoms with van der Waals surface area (Å²) in [6, 6.07) is 0.